The highest BCUT2D eigenvalue weighted by Crippen LogP contribution is 2.01. The van der Waals surface area contributed by atoms with E-state index < -0.39 is 0 Å². The number of carbonyl (C=O) groups excluding carboxylic acids is 2. The normalized spacial score (nSPS) is 10.1. The molecule has 0 amide bonds. The van der Waals surface area contributed by atoms with Crippen LogP contribution in [0, 0.1) is 0 Å². The zero-order chi connectivity index (χ0) is 13.6. The third kappa shape index (κ3) is 11.3. The average Bonchev–Trinajstić information content (AvgIpc) is 2.35. The maximum atomic E-state index is 11.1. The van der Waals surface area contributed by atoms with Crippen LogP contribution in [0.3, 0.4) is 0 Å². The van der Waals surface area contributed by atoms with Crippen LogP contribution in [0.15, 0.2) is 0 Å². The van der Waals surface area contributed by atoms with Crippen molar-refractivity contribution in [1.82, 2.24) is 11.0 Å². The molecule has 0 fully saturated rings. The molecule has 0 rings (SSSR count). The fourth-order valence-corrected chi connectivity index (χ4v) is 1.02. The standard InChI is InChI=1S/C10H22N4O4/c11-5-7-13-17-9(15)3-1-2-4-10(16)18-14-8-6-12/h13-14H,1-8,11-12H2. The Labute approximate surface area is 106 Å². The molecule has 0 aromatic carbocycles. The van der Waals surface area contributed by atoms with Crippen LogP contribution in [-0.2, 0) is 19.3 Å². The molecule has 0 aliphatic carbocycles. The predicted octanol–water partition coefficient (Wildman–Crippen LogP) is -1.44. The second kappa shape index (κ2) is 12.2. The summed E-state index contributed by atoms with van der Waals surface area (Å²) in [5.74, 6) is -0.726. The van der Waals surface area contributed by atoms with Crippen LogP contribution >= 0.6 is 0 Å². The Bertz CT molecular complexity index is 214. The molecular formula is C10H22N4O4. The number of hydroxylamine groups is 2. The summed E-state index contributed by atoms with van der Waals surface area (Å²) in [4.78, 5) is 31.5. The molecule has 0 aromatic rings. The van der Waals surface area contributed by atoms with Gasteiger partial charge < -0.3 is 21.1 Å². The van der Waals surface area contributed by atoms with Crippen molar-refractivity contribution < 1.29 is 19.3 Å². The molecule has 0 bridgehead atoms. The minimum atomic E-state index is -0.363. The molecule has 0 heterocycles. The van der Waals surface area contributed by atoms with Crippen LogP contribution in [0.4, 0.5) is 0 Å². The number of rotatable bonds is 11. The Balaban J connectivity index is 3.32. The monoisotopic (exact) mass is 262 g/mol. The molecule has 0 aliphatic rings. The number of hydrogen-bond acceptors (Lipinski definition) is 8. The molecule has 106 valence electrons. The van der Waals surface area contributed by atoms with Gasteiger partial charge in [0.2, 0.25) is 0 Å². The van der Waals surface area contributed by atoms with Gasteiger partial charge in [0.05, 0.1) is 0 Å². The van der Waals surface area contributed by atoms with Crippen molar-refractivity contribution in [3.8, 4) is 0 Å². The highest BCUT2D eigenvalue weighted by atomic mass is 16.7. The first-order valence-electron chi connectivity index (χ1n) is 5.96. The van der Waals surface area contributed by atoms with Crippen LogP contribution < -0.4 is 22.4 Å². The van der Waals surface area contributed by atoms with Crippen molar-refractivity contribution in [2.45, 2.75) is 25.7 Å². The van der Waals surface area contributed by atoms with Gasteiger partial charge in [-0.2, -0.15) is 11.0 Å². The van der Waals surface area contributed by atoms with Crippen molar-refractivity contribution in [3.05, 3.63) is 0 Å². The van der Waals surface area contributed by atoms with Crippen LogP contribution in [0.25, 0.3) is 0 Å². The molecule has 8 nitrogen and oxygen atoms in total. The fourth-order valence-electron chi connectivity index (χ4n) is 1.02. The Morgan fingerprint density at radius 1 is 0.833 bits per heavy atom. The molecule has 8 heteroatoms. The minimum Gasteiger partial charge on any atom is -0.371 e. The molecule has 0 aromatic heterocycles. The van der Waals surface area contributed by atoms with E-state index in [0.717, 1.165) is 0 Å². The lowest BCUT2D eigenvalue weighted by Crippen LogP contribution is -2.26. The third-order valence-electron chi connectivity index (χ3n) is 1.88. The van der Waals surface area contributed by atoms with E-state index in [1.165, 1.54) is 0 Å². The van der Waals surface area contributed by atoms with E-state index in [9.17, 15) is 9.59 Å². The highest BCUT2D eigenvalue weighted by Gasteiger charge is 2.06. The summed E-state index contributed by atoms with van der Waals surface area (Å²) in [5.41, 5.74) is 15.3. The lowest BCUT2D eigenvalue weighted by molar-refractivity contribution is -0.153. The molecule has 6 N–H and O–H groups in total. The summed E-state index contributed by atoms with van der Waals surface area (Å²) in [6, 6.07) is 0. The molecule has 18 heavy (non-hydrogen) atoms. The zero-order valence-corrected chi connectivity index (χ0v) is 10.4. The van der Waals surface area contributed by atoms with Crippen LogP contribution in [0.5, 0.6) is 0 Å². The fraction of sp³-hybridized carbons (Fsp3) is 0.800. The number of nitrogens with two attached hydrogens (primary N) is 2. The smallest absolute Gasteiger partial charge is 0.324 e. The van der Waals surface area contributed by atoms with E-state index in [2.05, 4.69) is 20.6 Å². The number of unbranched alkanes of at least 4 members (excludes halogenated alkanes) is 1. The summed E-state index contributed by atoms with van der Waals surface area (Å²) in [7, 11) is 0. The molecule has 0 radical (unpaired) electrons. The van der Waals surface area contributed by atoms with Crippen LogP contribution in [-0.4, -0.2) is 38.1 Å². The van der Waals surface area contributed by atoms with Gasteiger partial charge in [-0.25, -0.2) is 0 Å². The average molecular weight is 262 g/mol. The van der Waals surface area contributed by atoms with Crippen LogP contribution in [0.1, 0.15) is 25.7 Å². The molecule has 0 saturated heterocycles. The first-order chi connectivity index (χ1) is 8.70. The zero-order valence-electron chi connectivity index (χ0n) is 10.4. The molecule has 0 saturated carbocycles. The molecule has 0 unspecified atom stereocenters. The van der Waals surface area contributed by atoms with E-state index in [1.54, 1.807) is 0 Å². The van der Waals surface area contributed by atoms with Gasteiger partial charge in [-0.15, -0.1) is 0 Å². The Hall–Kier alpha value is -1.22. The van der Waals surface area contributed by atoms with E-state index in [4.69, 9.17) is 11.5 Å². The SMILES string of the molecule is NCCNOC(=O)CCCCC(=O)ONCCN. The largest absolute Gasteiger partial charge is 0.371 e. The van der Waals surface area contributed by atoms with Crippen molar-refractivity contribution in [2.75, 3.05) is 26.2 Å². The lowest BCUT2D eigenvalue weighted by Gasteiger charge is -2.05. The predicted molar refractivity (Wildman–Crippen MR) is 64.8 cm³/mol. The summed E-state index contributed by atoms with van der Waals surface area (Å²) in [6.45, 7) is 1.64. The van der Waals surface area contributed by atoms with Crippen molar-refractivity contribution in [1.29, 1.82) is 0 Å². The Morgan fingerprint density at radius 3 is 1.56 bits per heavy atom. The summed E-state index contributed by atoms with van der Waals surface area (Å²) < 4.78 is 0. The molecular weight excluding hydrogens is 240 g/mol. The Morgan fingerprint density at radius 2 is 1.22 bits per heavy atom. The van der Waals surface area contributed by atoms with Crippen molar-refractivity contribution in [3.63, 3.8) is 0 Å². The second-order valence-corrected chi connectivity index (χ2v) is 3.52. The maximum absolute atomic E-state index is 11.1. The first kappa shape index (κ1) is 16.8. The number of hydrogen-bond donors (Lipinski definition) is 4. The second-order valence-electron chi connectivity index (χ2n) is 3.52. The van der Waals surface area contributed by atoms with Gasteiger partial charge in [0, 0.05) is 39.0 Å². The van der Waals surface area contributed by atoms with E-state index in [1.807, 2.05) is 0 Å². The van der Waals surface area contributed by atoms with Crippen molar-refractivity contribution in [2.24, 2.45) is 11.5 Å². The Kier molecular flexibility index (Phi) is 11.4. The molecule has 0 aliphatic heterocycles. The third-order valence-corrected chi connectivity index (χ3v) is 1.88. The van der Waals surface area contributed by atoms with Gasteiger partial charge in [-0.05, 0) is 12.8 Å². The van der Waals surface area contributed by atoms with Gasteiger partial charge in [-0.3, -0.25) is 9.59 Å². The highest BCUT2D eigenvalue weighted by molar-refractivity contribution is 5.70. The van der Waals surface area contributed by atoms with Gasteiger partial charge in [-0.1, -0.05) is 0 Å². The first-order valence-corrected chi connectivity index (χ1v) is 5.96. The van der Waals surface area contributed by atoms with Crippen molar-refractivity contribution >= 4 is 11.9 Å². The van der Waals surface area contributed by atoms with E-state index in [-0.39, 0.29) is 24.8 Å². The summed E-state index contributed by atoms with van der Waals surface area (Å²) in [5, 5.41) is 0. The minimum absolute atomic E-state index is 0.251. The maximum Gasteiger partial charge on any atom is 0.324 e. The summed E-state index contributed by atoms with van der Waals surface area (Å²) >= 11 is 0. The quantitative estimate of drug-likeness (QED) is 0.263. The number of carbonyl (C=O) groups is 2. The summed E-state index contributed by atoms with van der Waals surface area (Å²) in [6.07, 6.45) is 1.63. The van der Waals surface area contributed by atoms with Crippen LogP contribution in [0.2, 0.25) is 0 Å². The van der Waals surface area contributed by atoms with Gasteiger partial charge in [0.1, 0.15) is 0 Å². The van der Waals surface area contributed by atoms with E-state index >= 15 is 0 Å². The van der Waals surface area contributed by atoms with Gasteiger partial charge in [0.25, 0.3) is 0 Å². The molecule has 0 spiro atoms. The van der Waals surface area contributed by atoms with E-state index in [0.29, 0.717) is 39.0 Å². The topological polar surface area (TPSA) is 129 Å². The van der Waals surface area contributed by atoms with Gasteiger partial charge >= 0.3 is 11.9 Å². The lowest BCUT2D eigenvalue weighted by atomic mass is 10.2. The number of nitrogens with one attached hydrogen (secondary N) is 2. The van der Waals surface area contributed by atoms with Gasteiger partial charge in [0.15, 0.2) is 0 Å². The molecule has 0 atom stereocenters.